The molecule has 3 atom stereocenters. The predicted octanol–water partition coefficient (Wildman–Crippen LogP) is 0.254. The van der Waals surface area contributed by atoms with Gasteiger partial charge in [0.2, 0.25) is 5.91 Å². The Morgan fingerprint density at radius 3 is 2.16 bits per heavy atom. The van der Waals surface area contributed by atoms with Gasteiger partial charge in [-0.2, -0.15) is 0 Å². The summed E-state index contributed by atoms with van der Waals surface area (Å²) in [5, 5.41) is 3.06. The lowest BCUT2D eigenvalue weighted by atomic mass is 10.1. The number of amides is 1. The second kappa shape index (κ2) is 7.82. The van der Waals surface area contributed by atoms with Crippen LogP contribution in [0.15, 0.2) is 0 Å². The molecule has 0 radical (unpaired) electrons. The molecular weight excluding hydrogens is 240 g/mol. The molecule has 0 saturated carbocycles. The molecular formula is C14H30N4O. The van der Waals surface area contributed by atoms with Gasteiger partial charge in [0.05, 0.1) is 6.04 Å². The highest BCUT2D eigenvalue weighted by Crippen LogP contribution is 2.09. The second-order valence-electron chi connectivity index (χ2n) is 5.65. The minimum Gasteiger partial charge on any atom is -0.352 e. The number of carbonyl (C=O) groups excluding carboxylic acids is 1. The molecule has 0 bridgehead atoms. The summed E-state index contributed by atoms with van der Waals surface area (Å²) >= 11 is 0. The molecule has 0 aliphatic carbocycles. The molecule has 19 heavy (non-hydrogen) atoms. The van der Waals surface area contributed by atoms with Gasteiger partial charge in [-0.1, -0.05) is 6.92 Å². The minimum atomic E-state index is -0.0377. The fraction of sp³-hybridized carbons (Fsp3) is 0.929. The SMILES string of the molecule is CCC(C)NC(=O)C(C)N1CCN(C(C)CN)CC1. The van der Waals surface area contributed by atoms with Crippen LogP contribution in [-0.2, 0) is 4.79 Å². The van der Waals surface area contributed by atoms with E-state index in [9.17, 15) is 4.79 Å². The average Bonchev–Trinajstić information content (AvgIpc) is 2.45. The maximum Gasteiger partial charge on any atom is 0.237 e. The number of rotatable bonds is 6. The zero-order valence-electron chi connectivity index (χ0n) is 12.9. The van der Waals surface area contributed by atoms with Gasteiger partial charge in [-0.25, -0.2) is 0 Å². The van der Waals surface area contributed by atoms with Crippen molar-refractivity contribution in [3.63, 3.8) is 0 Å². The molecule has 3 unspecified atom stereocenters. The van der Waals surface area contributed by atoms with E-state index >= 15 is 0 Å². The Bertz CT molecular complexity index is 277. The summed E-state index contributed by atoms with van der Waals surface area (Å²) < 4.78 is 0. The summed E-state index contributed by atoms with van der Waals surface area (Å²) in [4.78, 5) is 16.8. The summed E-state index contributed by atoms with van der Waals surface area (Å²) in [6.45, 7) is 12.9. The van der Waals surface area contributed by atoms with Gasteiger partial charge in [-0.05, 0) is 27.2 Å². The van der Waals surface area contributed by atoms with Crippen LogP contribution in [-0.4, -0.2) is 66.6 Å². The maximum absolute atomic E-state index is 12.1. The van der Waals surface area contributed by atoms with Gasteiger partial charge in [-0.15, -0.1) is 0 Å². The lowest BCUT2D eigenvalue weighted by molar-refractivity contribution is -0.127. The van der Waals surface area contributed by atoms with Crippen molar-refractivity contribution in [3.05, 3.63) is 0 Å². The van der Waals surface area contributed by atoms with Crippen LogP contribution in [0.5, 0.6) is 0 Å². The molecule has 1 amide bonds. The topological polar surface area (TPSA) is 61.6 Å². The Hall–Kier alpha value is -0.650. The van der Waals surface area contributed by atoms with Gasteiger partial charge in [-0.3, -0.25) is 14.6 Å². The highest BCUT2D eigenvalue weighted by atomic mass is 16.2. The maximum atomic E-state index is 12.1. The van der Waals surface area contributed by atoms with Crippen molar-refractivity contribution in [2.75, 3.05) is 32.7 Å². The normalized spacial score (nSPS) is 22.8. The van der Waals surface area contributed by atoms with Gasteiger partial charge in [0.15, 0.2) is 0 Å². The van der Waals surface area contributed by atoms with Crippen LogP contribution >= 0.6 is 0 Å². The molecule has 112 valence electrons. The lowest BCUT2D eigenvalue weighted by Crippen LogP contribution is -2.56. The summed E-state index contributed by atoms with van der Waals surface area (Å²) in [6.07, 6.45) is 0.972. The van der Waals surface area contributed by atoms with Crippen molar-refractivity contribution in [1.82, 2.24) is 15.1 Å². The van der Waals surface area contributed by atoms with Crippen LogP contribution in [0, 0.1) is 0 Å². The first-order valence-corrected chi connectivity index (χ1v) is 7.48. The molecule has 0 aromatic heterocycles. The van der Waals surface area contributed by atoms with Crippen molar-refractivity contribution in [2.45, 2.75) is 52.2 Å². The van der Waals surface area contributed by atoms with Crippen LogP contribution in [0.2, 0.25) is 0 Å². The van der Waals surface area contributed by atoms with Gasteiger partial charge in [0.25, 0.3) is 0 Å². The zero-order chi connectivity index (χ0) is 14.4. The van der Waals surface area contributed by atoms with Gasteiger partial charge >= 0.3 is 0 Å². The molecule has 0 aromatic rings. The monoisotopic (exact) mass is 270 g/mol. The molecule has 1 aliphatic rings. The Labute approximate surface area is 117 Å². The van der Waals surface area contributed by atoms with E-state index in [0.717, 1.165) is 32.6 Å². The predicted molar refractivity (Wildman–Crippen MR) is 79.0 cm³/mol. The van der Waals surface area contributed by atoms with E-state index in [4.69, 9.17) is 5.73 Å². The zero-order valence-corrected chi connectivity index (χ0v) is 12.9. The number of hydrogen-bond acceptors (Lipinski definition) is 4. The van der Waals surface area contributed by atoms with Crippen LogP contribution in [0.4, 0.5) is 0 Å². The van der Waals surface area contributed by atoms with E-state index in [-0.39, 0.29) is 18.0 Å². The van der Waals surface area contributed by atoms with Crippen molar-refractivity contribution in [2.24, 2.45) is 5.73 Å². The molecule has 0 spiro atoms. The molecule has 1 rings (SSSR count). The largest absolute Gasteiger partial charge is 0.352 e. The van der Waals surface area contributed by atoms with E-state index in [1.807, 2.05) is 13.8 Å². The summed E-state index contributed by atoms with van der Waals surface area (Å²) in [7, 11) is 0. The minimum absolute atomic E-state index is 0.0377. The van der Waals surface area contributed by atoms with Crippen molar-refractivity contribution in [3.8, 4) is 0 Å². The first-order valence-electron chi connectivity index (χ1n) is 7.48. The van der Waals surface area contributed by atoms with Crippen molar-refractivity contribution < 1.29 is 4.79 Å². The van der Waals surface area contributed by atoms with Crippen LogP contribution < -0.4 is 11.1 Å². The number of piperazine rings is 1. The van der Waals surface area contributed by atoms with Gasteiger partial charge < -0.3 is 11.1 Å². The van der Waals surface area contributed by atoms with E-state index < -0.39 is 0 Å². The van der Waals surface area contributed by atoms with Crippen LogP contribution in [0.3, 0.4) is 0 Å². The third-order valence-corrected chi connectivity index (χ3v) is 4.24. The molecule has 1 aliphatic heterocycles. The molecule has 3 N–H and O–H groups in total. The summed E-state index contributed by atoms with van der Waals surface area (Å²) in [6, 6.07) is 0.657. The number of hydrogen-bond donors (Lipinski definition) is 2. The first-order chi connectivity index (χ1) is 8.99. The second-order valence-corrected chi connectivity index (χ2v) is 5.65. The molecule has 5 heteroatoms. The highest BCUT2D eigenvalue weighted by molar-refractivity contribution is 5.81. The molecule has 5 nitrogen and oxygen atoms in total. The standard InChI is InChI=1S/C14H30N4O/c1-5-11(2)16-14(19)13(4)18-8-6-17(7-9-18)12(3)10-15/h11-13H,5-10,15H2,1-4H3,(H,16,19). The van der Waals surface area contributed by atoms with Crippen LogP contribution in [0.25, 0.3) is 0 Å². The van der Waals surface area contributed by atoms with Gasteiger partial charge in [0.1, 0.15) is 0 Å². The molecule has 1 saturated heterocycles. The van der Waals surface area contributed by atoms with E-state index in [1.54, 1.807) is 0 Å². The van der Waals surface area contributed by atoms with Crippen molar-refractivity contribution in [1.29, 1.82) is 0 Å². The number of nitrogens with two attached hydrogens (primary N) is 1. The fourth-order valence-corrected chi connectivity index (χ4v) is 2.35. The summed E-state index contributed by atoms with van der Waals surface area (Å²) in [5.41, 5.74) is 5.70. The smallest absolute Gasteiger partial charge is 0.237 e. The fourth-order valence-electron chi connectivity index (χ4n) is 2.35. The van der Waals surface area contributed by atoms with E-state index in [2.05, 4.69) is 29.0 Å². The quantitative estimate of drug-likeness (QED) is 0.726. The van der Waals surface area contributed by atoms with Gasteiger partial charge in [0, 0.05) is 44.8 Å². The third-order valence-electron chi connectivity index (χ3n) is 4.24. The number of nitrogens with one attached hydrogen (secondary N) is 1. The Morgan fingerprint density at radius 2 is 1.68 bits per heavy atom. The first kappa shape index (κ1) is 16.4. The lowest BCUT2D eigenvalue weighted by Gasteiger charge is -2.40. The molecule has 1 fully saturated rings. The molecule has 0 aromatic carbocycles. The average molecular weight is 270 g/mol. The van der Waals surface area contributed by atoms with E-state index in [0.29, 0.717) is 12.6 Å². The van der Waals surface area contributed by atoms with Crippen LogP contribution in [0.1, 0.15) is 34.1 Å². The Morgan fingerprint density at radius 1 is 1.16 bits per heavy atom. The highest BCUT2D eigenvalue weighted by Gasteiger charge is 2.27. The number of nitrogens with zero attached hydrogens (tertiary/aromatic N) is 2. The summed E-state index contributed by atoms with van der Waals surface area (Å²) in [5.74, 6) is 0.148. The molecule has 1 heterocycles. The third kappa shape index (κ3) is 4.75. The Kier molecular flexibility index (Phi) is 6.75. The number of carbonyl (C=O) groups is 1. The van der Waals surface area contributed by atoms with E-state index in [1.165, 1.54) is 0 Å². The van der Waals surface area contributed by atoms with Crippen molar-refractivity contribution >= 4 is 5.91 Å². The Balaban J connectivity index is 2.40.